The van der Waals surface area contributed by atoms with Crippen LogP contribution in [0.4, 0.5) is 10.5 Å². The van der Waals surface area contributed by atoms with Crippen molar-refractivity contribution in [3.05, 3.63) is 30.5 Å². The van der Waals surface area contributed by atoms with Crippen LogP contribution in [0.2, 0.25) is 0 Å². The van der Waals surface area contributed by atoms with E-state index in [2.05, 4.69) is 10.6 Å². The maximum atomic E-state index is 12.2. The highest BCUT2D eigenvalue weighted by molar-refractivity contribution is 5.93. The molecule has 0 radical (unpaired) electrons. The summed E-state index contributed by atoms with van der Waals surface area (Å²) in [5.74, 6) is 0.0862. The summed E-state index contributed by atoms with van der Waals surface area (Å²) >= 11 is 0. The zero-order chi connectivity index (χ0) is 17.5. The molecule has 7 heteroatoms. The molecule has 0 fully saturated rings. The molecule has 1 aromatic heterocycles. The Bertz CT molecular complexity index is 707. The van der Waals surface area contributed by atoms with Crippen LogP contribution in [0.25, 0.3) is 10.9 Å². The first-order chi connectivity index (χ1) is 11.6. The van der Waals surface area contributed by atoms with E-state index in [1.165, 1.54) is 0 Å². The number of carbonyl (C=O) groups excluding carboxylic acids is 2. The lowest BCUT2D eigenvalue weighted by Gasteiger charge is -2.19. The number of urea groups is 1. The van der Waals surface area contributed by atoms with Crippen LogP contribution in [0.15, 0.2) is 30.5 Å². The fourth-order valence-electron chi connectivity index (χ4n) is 2.58. The Kier molecular flexibility index (Phi) is 6.20. The maximum Gasteiger partial charge on any atom is 0.319 e. The van der Waals surface area contributed by atoms with Gasteiger partial charge in [-0.05, 0) is 38.1 Å². The lowest BCUT2D eigenvalue weighted by Crippen LogP contribution is -2.33. The van der Waals surface area contributed by atoms with E-state index in [9.17, 15) is 9.59 Å². The number of fused-ring (bicyclic) bond motifs is 1. The molecule has 0 spiro atoms. The second-order valence-electron chi connectivity index (χ2n) is 5.39. The standard InChI is InChI=1S/C17H24N4O3/c1-3-20(4-2)16(23)12-21-9-7-13-11-14(5-6-15(13)21)19-17(24)18-8-10-22/h5-7,9,11,22H,3-4,8,10,12H2,1-2H3,(H2,18,19,24). The van der Waals surface area contributed by atoms with Gasteiger partial charge in [-0.1, -0.05) is 0 Å². The normalized spacial score (nSPS) is 10.6. The molecule has 24 heavy (non-hydrogen) atoms. The first kappa shape index (κ1) is 17.8. The molecule has 0 aliphatic rings. The van der Waals surface area contributed by atoms with Crippen molar-refractivity contribution >= 4 is 28.5 Å². The van der Waals surface area contributed by atoms with E-state index in [0.717, 1.165) is 10.9 Å². The van der Waals surface area contributed by atoms with Crippen LogP contribution in [-0.4, -0.2) is 52.8 Å². The minimum Gasteiger partial charge on any atom is -0.395 e. The van der Waals surface area contributed by atoms with E-state index in [0.29, 0.717) is 25.3 Å². The summed E-state index contributed by atoms with van der Waals surface area (Å²) in [6.45, 7) is 5.74. The third-order valence-corrected chi connectivity index (χ3v) is 3.85. The van der Waals surface area contributed by atoms with Crippen LogP contribution >= 0.6 is 0 Å². The molecule has 0 atom stereocenters. The van der Waals surface area contributed by atoms with E-state index in [4.69, 9.17) is 5.11 Å². The topological polar surface area (TPSA) is 86.6 Å². The second-order valence-corrected chi connectivity index (χ2v) is 5.39. The number of aromatic nitrogens is 1. The average Bonchev–Trinajstić information content (AvgIpc) is 2.96. The van der Waals surface area contributed by atoms with Gasteiger partial charge in [0.05, 0.1) is 6.61 Å². The van der Waals surface area contributed by atoms with Crippen molar-refractivity contribution in [1.82, 2.24) is 14.8 Å². The van der Waals surface area contributed by atoms with E-state index in [-0.39, 0.29) is 25.1 Å². The zero-order valence-corrected chi connectivity index (χ0v) is 14.1. The van der Waals surface area contributed by atoms with Crippen LogP contribution in [0.3, 0.4) is 0 Å². The number of hydrogen-bond acceptors (Lipinski definition) is 3. The smallest absolute Gasteiger partial charge is 0.319 e. The van der Waals surface area contributed by atoms with Gasteiger partial charge >= 0.3 is 6.03 Å². The quantitative estimate of drug-likeness (QED) is 0.720. The molecule has 130 valence electrons. The third-order valence-electron chi connectivity index (χ3n) is 3.85. The minimum atomic E-state index is -0.362. The highest BCUT2D eigenvalue weighted by Gasteiger charge is 2.12. The largest absolute Gasteiger partial charge is 0.395 e. The van der Waals surface area contributed by atoms with Gasteiger partial charge in [0.1, 0.15) is 6.54 Å². The van der Waals surface area contributed by atoms with Crippen molar-refractivity contribution in [1.29, 1.82) is 0 Å². The highest BCUT2D eigenvalue weighted by Crippen LogP contribution is 2.20. The number of nitrogens with zero attached hydrogens (tertiary/aromatic N) is 2. The Morgan fingerprint density at radius 3 is 2.62 bits per heavy atom. The molecule has 3 amide bonds. The Morgan fingerprint density at radius 1 is 1.21 bits per heavy atom. The summed E-state index contributed by atoms with van der Waals surface area (Å²) in [4.78, 5) is 25.7. The van der Waals surface area contributed by atoms with Gasteiger partial charge in [-0.15, -0.1) is 0 Å². The molecular formula is C17H24N4O3. The molecule has 0 saturated carbocycles. The summed E-state index contributed by atoms with van der Waals surface area (Å²) in [5.41, 5.74) is 1.60. The van der Waals surface area contributed by atoms with Crippen LogP contribution in [0.1, 0.15) is 13.8 Å². The molecule has 0 saturated heterocycles. The molecule has 1 heterocycles. The predicted molar refractivity (Wildman–Crippen MR) is 94.0 cm³/mol. The van der Waals surface area contributed by atoms with Crippen LogP contribution in [-0.2, 0) is 11.3 Å². The lowest BCUT2D eigenvalue weighted by atomic mass is 10.2. The molecule has 0 unspecified atom stereocenters. The first-order valence-electron chi connectivity index (χ1n) is 8.11. The lowest BCUT2D eigenvalue weighted by molar-refractivity contribution is -0.131. The monoisotopic (exact) mass is 332 g/mol. The zero-order valence-electron chi connectivity index (χ0n) is 14.1. The van der Waals surface area contributed by atoms with Gasteiger partial charge in [0.15, 0.2) is 0 Å². The number of anilines is 1. The summed E-state index contributed by atoms with van der Waals surface area (Å²) in [5, 5.41) is 14.9. The number of aliphatic hydroxyl groups is 1. The van der Waals surface area contributed by atoms with Crippen molar-refractivity contribution in [3.63, 3.8) is 0 Å². The van der Waals surface area contributed by atoms with Gasteiger partial charge < -0.3 is 25.2 Å². The second kappa shape index (κ2) is 8.35. The maximum absolute atomic E-state index is 12.2. The Balaban J connectivity index is 2.10. The van der Waals surface area contributed by atoms with Crippen molar-refractivity contribution in [2.75, 3.05) is 31.6 Å². The summed E-state index contributed by atoms with van der Waals surface area (Å²) in [6, 6.07) is 7.08. The Labute approximate surface area is 141 Å². The predicted octanol–water partition coefficient (Wildman–Crippen LogP) is 1.62. The van der Waals surface area contributed by atoms with Crippen molar-refractivity contribution in [2.24, 2.45) is 0 Å². The van der Waals surface area contributed by atoms with Crippen molar-refractivity contribution in [3.8, 4) is 0 Å². The third kappa shape index (κ3) is 4.26. The molecule has 2 aromatic rings. The van der Waals surface area contributed by atoms with E-state index in [1.54, 1.807) is 11.0 Å². The number of hydrogen-bond donors (Lipinski definition) is 3. The van der Waals surface area contributed by atoms with Crippen molar-refractivity contribution < 1.29 is 14.7 Å². The van der Waals surface area contributed by atoms with Crippen LogP contribution in [0, 0.1) is 0 Å². The average molecular weight is 332 g/mol. The number of aliphatic hydroxyl groups excluding tert-OH is 1. The van der Waals surface area contributed by atoms with E-state index in [1.807, 2.05) is 42.8 Å². The number of nitrogens with one attached hydrogen (secondary N) is 2. The van der Waals surface area contributed by atoms with Crippen molar-refractivity contribution in [2.45, 2.75) is 20.4 Å². The van der Waals surface area contributed by atoms with E-state index >= 15 is 0 Å². The highest BCUT2D eigenvalue weighted by atomic mass is 16.3. The SMILES string of the molecule is CCN(CC)C(=O)Cn1ccc2cc(NC(=O)NCCO)ccc21. The molecular weight excluding hydrogens is 308 g/mol. The molecule has 7 nitrogen and oxygen atoms in total. The van der Waals surface area contributed by atoms with Crippen LogP contribution in [0.5, 0.6) is 0 Å². The summed E-state index contributed by atoms with van der Waals surface area (Å²) in [7, 11) is 0. The fraction of sp³-hybridized carbons (Fsp3) is 0.412. The molecule has 0 aliphatic heterocycles. The van der Waals surface area contributed by atoms with Gasteiger partial charge in [-0.2, -0.15) is 0 Å². The summed E-state index contributed by atoms with van der Waals surface area (Å²) in [6.07, 6.45) is 1.88. The number of amides is 3. The van der Waals surface area contributed by atoms with Gasteiger partial charge in [0.25, 0.3) is 0 Å². The first-order valence-corrected chi connectivity index (χ1v) is 8.11. The molecule has 1 aromatic carbocycles. The fourth-order valence-corrected chi connectivity index (χ4v) is 2.58. The minimum absolute atomic E-state index is 0.0862. The van der Waals surface area contributed by atoms with Gasteiger partial charge in [-0.3, -0.25) is 4.79 Å². The Morgan fingerprint density at radius 2 is 1.96 bits per heavy atom. The number of likely N-dealkylation sites (N-methyl/N-ethyl adjacent to an activating group) is 1. The number of carbonyl (C=O) groups is 2. The van der Waals surface area contributed by atoms with Gasteiger partial charge in [-0.25, -0.2) is 4.79 Å². The summed E-state index contributed by atoms with van der Waals surface area (Å²) < 4.78 is 1.91. The van der Waals surface area contributed by atoms with Gasteiger partial charge in [0, 0.05) is 42.4 Å². The molecule has 0 aliphatic carbocycles. The Hall–Kier alpha value is -2.54. The van der Waals surface area contributed by atoms with Gasteiger partial charge in [0.2, 0.25) is 5.91 Å². The van der Waals surface area contributed by atoms with Crippen LogP contribution < -0.4 is 10.6 Å². The molecule has 3 N–H and O–H groups in total. The number of benzene rings is 1. The van der Waals surface area contributed by atoms with E-state index < -0.39 is 0 Å². The number of rotatable bonds is 7. The molecule has 0 bridgehead atoms. The molecule has 2 rings (SSSR count).